The van der Waals surface area contributed by atoms with Crippen molar-refractivity contribution >= 4 is 5.97 Å². The fraction of sp³-hybridized carbons (Fsp3) is 0.571. The maximum absolute atomic E-state index is 11.4. The predicted octanol–water partition coefficient (Wildman–Crippen LogP) is 0.580. The largest absolute Gasteiger partial charge is 0.459 e. The van der Waals surface area contributed by atoms with Crippen LogP contribution in [-0.2, 0) is 9.53 Å². The first-order valence-corrected chi connectivity index (χ1v) is 6.61. The number of carbonyl (C=O) groups is 1. The number of nitriles is 1. The summed E-state index contributed by atoms with van der Waals surface area (Å²) in [5, 5.41) is 26.3. The van der Waals surface area contributed by atoms with Gasteiger partial charge in [-0.1, -0.05) is 13.3 Å². The Morgan fingerprint density at radius 1 is 1.35 bits per heavy atom. The van der Waals surface area contributed by atoms with Gasteiger partial charge in [-0.05, 0) is 24.8 Å². The average Bonchev–Trinajstić information content (AvgIpc) is 2.46. The lowest BCUT2D eigenvalue weighted by Crippen LogP contribution is -2.22. The molecule has 0 atom stereocenters. The number of allylic oxidation sites excluding steroid dienone is 2. The molecule has 0 fully saturated rings. The smallest absolute Gasteiger partial charge is 0.348 e. The van der Waals surface area contributed by atoms with Crippen LogP contribution in [0.1, 0.15) is 19.8 Å². The Kier molecular flexibility index (Phi) is 11.1. The van der Waals surface area contributed by atoms with Gasteiger partial charge in [-0.25, -0.2) is 4.79 Å². The number of hydrogen-bond donors (Lipinski definition) is 2. The summed E-state index contributed by atoms with van der Waals surface area (Å²) in [5.74, 6) is -0.756. The third-order valence-electron chi connectivity index (χ3n) is 2.41. The second-order valence-corrected chi connectivity index (χ2v) is 4.01. The fourth-order valence-corrected chi connectivity index (χ4v) is 1.38. The van der Waals surface area contributed by atoms with Crippen molar-refractivity contribution < 1.29 is 19.7 Å². The average molecular weight is 282 g/mol. The third kappa shape index (κ3) is 8.29. The molecular weight excluding hydrogens is 260 g/mol. The number of esters is 1. The minimum atomic E-state index is -0.756. The first-order valence-electron chi connectivity index (χ1n) is 6.61. The van der Waals surface area contributed by atoms with E-state index in [1.165, 1.54) is 6.08 Å². The molecule has 0 unspecified atom stereocenters. The van der Waals surface area contributed by atoms with Gasteiger partial charge in [-0.2, -0.15) is 5.26 Å². The molecule has 112 valence electrons. The van der Waals surface area contributed by atoms with Gasteiger partial charge in [0.25, 0.3) is 0 Å². The summed E-state index contributed by atoms with van der Waals surface area (Å²) in [6.45, 7) is 3.02. The molecule has 0 rings (SSSR count). The van der Waals surface area contributed by atoms with Gasteiger partial charge in [0.2, 0.25) is 0 Å². The van der Waals surface area contributed by atoms with E-state index in [-0.39, 0.29) is 25.4 Å². The summed E-state index contributed by atoms with van der Waals surface area (Å²) in [7, 11) is 0. The number of rotatable bonds is 10. The first kappa shape index (κ1) is 18.2. The number of aliphatic hydroxyl groups excluding tert-OH is 2. The standard InChI is InChI=1S/C14H22N2O4/c1-2-3-6-16(8-9-17)7-4-5-13(12-15)14(19)20-11-10-18/h4-5,7,17-18H,2-3,6,8-11H2,1H3/b7-4+,13-5+. The molecule has 0 spiro atoms. The Labute approximate surface area is 119 Å². The lowest BCUT2D eigenvalue weighted by molar-refractivity contribution is -0.139. The second-order valence-electron chi connectivity index (χ2n) is 4.01. The molecule has 6 nitrogen and oxygen atoms in total. The number of aliphatic hydroxyl groups is 2. The SMILES string of the molecule is CCCCN(/C=C/C=C(\C#N)C(=O)OCCO)CCO. The Morgan fingerprint density at radius 2 is 2.10 bits per heavy atom. The molecule has 0 aliphatic heterocycles. The summed E-state index contributed by atoms with van der Waals surface area (Å²) in [6, 6.07) is 1.75. The molecule has 0 aromatic rings. The van der Waals surface area contributed by atoms with Gasteiger partial charge >= 0.3 is 5.97 Å². The molecular formula is C14H22N2O4. The maximum atomic E-state index is 11.4. The summed E-state index contributed by atoms with van der Waals surface area (Å²) >= 11 is 0. The van der Waals surface area contributed by atoms with Gasteiger partial charge in [0, 0.05) is 13.1 Å². The van der Waals surface area contributed by atoms with Crippen LogP contribution in [-0.4, -0.2) is 54.0 Å². The highest BCUT2D eigenvalue weighted by Gasteiger charge is 2.08. The molecule has 6 heteroatoms. The number of hydrogen-bond acceptors (Lipinski definition) is 6. The van der Waals surface area contributed by atoms with Crippen molar-refractivity contribution in [3.63, 3.8) is 0 Å². The van der Waals surface area contributed by atoms with Crippen molar-refractivity contribution in [2.24, 2.45) is 0 Å². The highest BCUT2D eigenvalue weighted by molar-refractivity contribution is 5.93. The van der Waals surface area contributed by atoms with Crippen LogP contribution in [0.5, 0.6) is 0 Å². The van der Waals surface area contributed by atoms with Crippen molar-refractivity contribution in [1.29, 1.82) is 5.26 Å². The van der Waals surface area contributed by atoms with E-state index in [1.807, 2.05) is 4.90 Å². The van der Waals surface area contributed by atoms with Crippen LogP contribution in [0, 0.1) is 11.3 Å². The van der Waals surface area contributed by atoms with Gasteiger partial charge < -0.3 is 19.8 Å². The molecule has 0 aromatic heterocycles. The van der Waals surface area contributed by atoms with Gasteiger partial charge in [0.05, 0.1) is 13.2 Å². The molecule has 0 heterocycles. The van der Waals surface area contributed by atoms with E-state index in [0.717, 1.165) is 19.4 Å². The van der Waals surface area contributed by atoms with Gasteiger partial charge in [0.15, 0.2) is 0 Å². The molecule has 0 aromatic carbocycles. The maximum Gasteiger partial charge on any atom is 0.348 e. The van der Waals surface area contributed by atoms with Gasteiger partial charge in [-0.3, -0.25) is 0 Å². The highest BCUT2D eigenvalue weighted by atomic mass is 16.5. The molecule has 0 saturated carbocycles. The molecule has 0 amide bonds. The number of nitrogens with zero attached hydrogens (tertiary/aromatic N) is 2. The second kappa shape index (κ2) is 12.2. The van der Waals surface area contributed by atoms with E-state index in [0.29, 0.717) is 6.54 Å². The number of ether oxygens (including phenoxy) is 1. The zero-order valence-corrected chi connectivity index (χ0v) is 11.8. The lowest BCUT2D eigenvalue weighted by Gasteiger charge is -2.18. The van der Waals surface area contributed by atoms with Gasteiger partial charge in [-0.15, -0.1) is 0 Å². The first-order chi connectivity index (χ1) is 9.69. The van der Waals surface area contributed by atoms with Crippen LogP contribution < -0.4 is 0 Å². The van der Waals surface area contributed by atoms with Crippen molar-refractivity contribution in [2.75, 3.05) is 32.9 Å². The molecule has 0 radical (unpaired) electrons. The summed E-state index contributed by atoms with van der Waals surface area (Å²) in [4.78, 5) is 13.3. The number of carbonyl (C=O) groups excluding carboxylic acids is 1. The zero-order valence-electron chi connectivity index (χ0n) is 11.8. The Morgan fingerprint density at radius 3 is 2.65 bits per heavy atom. The minimum absolute atomic E-state index is 0.0431. The van der Waals surface area contributed by atoms with Crippen molar-refractivity contribution in [3.05, 3.63) is 23.9 Å². The van der Waals surface area contributed by atoms with E-state index in [9.17, 15) is 4.79 Å². The van der Waals surface area contributed by atoms with E-state index >= 15 is 0 Å². The normalized spacial score (nSPS) is 11.4. The molecule has 0 aliphatic carbocycles. The van der Waals surface area contributed by atoms with Crippen LogP contribution in [0.3, 0.4) is 0 Å². The summed E-state index contributed by atoms with van der Waals surface area (Å²) < 4.78 is 4.65. The Balaban J connectivity index is 4.54. The van der Waals surface area contributed by atoms with Crippen molar-refractivity contribution in [3.8, 4) is 6.07 Å². The lowest BCUT2D eigenvalue weighted by atomic mass is 10.2. The van der Waals surface area contributed by atoms with E-state index in [4.69, 9.17) is 15.5 Å². The molecule has 0 aliphatic rings. The highest BCUT2D eigenvalue weighted by Crippen LogP contribution is 2.00. The molecule has 0 bridgehead atoms. The fourth-order valence-electron chi connectivity index (χ4n) is 1.38. The monoisotopic (exact) mass is 282 g/mol. The Hall–Kier alpha value is -1.84. The molecule has 0 saturated heterocycles. The Bertz CT molecular complexity index is 372. The topological polar surface area (TPSA) is 93.8 Å². The number of unbranched alkanes of at least 4 members (excludes halogenated alkanes) is 1. The van der Waals surface area contributed by atoms with Crippen LogP contribution in [0.15, 0.2) is 23.9 Å². The van der Waals surface area contributed by atoms with Crippen LogP contribution >= 0.6 is 0 Å². The van der Waals surface area contributed by atoms with E-state index < -0.39 is 5.97 Å². The van der Waals surface area contributed by atoms with Crippen LogP contribution in [0.2, 0.25) is 0 Å². The summed E-state index contributed by atoms with van der Waals surface area (Å²) in [5.41, 5.74) is -0.130. The molecule has 20 heavy (non-hydrogen) atoms. The zero-order chi connectivity index (χ0) is 15.2. The van der Waals surface area contributed by atoms with Crippen LogP contribution in [0.4, 0.5) is 0 Å². The van der Waals surface area contributed by atoms with Crippen LogP contribution in [0.25, 0.3) is 0 Å². The quantitative estimate of drug-likeness (QED) is 0.263. The van der Waals surface area contributed by atoms with E-state index in [1.54, 1.807) is 18.3 Å². The third-order valence-corrected chi connectivity index (χ3v) is 2.41. The molecule has 2 N–H and O–H groups in total. The minimum Gasteiger partial charge on any atom is -0.459 e. The summed E-state index contributed by atoms with van der Waals surface area (Å²) in [6.07, 6.45) is 6.70. The van der Waals surface area contributed by atoms with Crippen molar-refractivity contribution in [2.45, 2.75) is 19.8 Å². The van der Waals surface area contributed by atoms with Crippen molar-refractivity contribution in [1.82, 2.24) is 4.90 Å². The predicted molar refractivity (Wildman–Crippen MR) is 74.4 cm³/mol. The van der Waals surface area contributed by atoms with Gasteiger partial charge in [0.1, 0.15) is 18.2 Å². The van der Waals surface area contributed by atoms with E-state index in [2.05, 4.69) is 11.7 Å².